The third-order valence-electron chi connectivity index (χ3n) is 3.95. The number of methoxy groups -OCH3 is 1. The number of nitrogens with two attached hydrogens (primary N) is 1. The Morgan fingerprint density at radius 3 is 2.25 bits per heavy atom. The number of primary amides is 1. The molecular formula is C17H20N2O4S. The maximum absolute atomic E-state index is 12.8. The average molecular weight is 348 g/mol. The molecule has 0 fully saturated rings. The molecule has 0 spiro atoms. The van der Waals surface area contributed by atoms with Crippen LogP contribution in [0.25, 0.3) is 0 Å². The Morgan fingerprint density at radius 2 is 1.71 bits per heavy atom. The summed E-state index contributed by atoms with van der Waals surface area (Å²) in [5.74, 6) is 0.0193. The Labute approximate surface area is 141 Å². The number of carbonyl (C=O) groups excluding carboxylic acids is 1. The maximum atomic E-state index is 12.8. The second-order valence-corrected chi connectivity index (χ2v) is 7.33. The molecule has 0 aliphatic heterocycles. The van der Waals surface area contributed by atoms with Crippen molar-refractivity contribution in [2.24, 2.45) is 5.73 Å². The lowest BCUT2D eigenvalue weighted by Crippen LogP contribution is -2.30. The standard InChI is InChI=1S/C17H20N2O4S/c1-12(15-6-4-5-7-16(15)23-3)19(2)24(21,22)14-10-8-13(9-11-14)17(18)20/h4-12H,1-3H3,(H2,18,20). The van der Waals surface area contributed by atoms with Gasteiger partial charge in [0.1, 0.15) is 5.75 Å². The van der Waals surface area contributed by atoms with Gasteiger partial charge in [-0.1, -0.05) is 18.2 Å². The van der Waals surface area contributed by atoms with Gasteiger partial charge in [-0.3, -0.25) is 4.79 Å². The van der Waals surface area contributed by atoms with E-state index in [1.54, 1.807) is 20.1 Å². The number of hydrogen-bond acceptors (Lipinski definition) is 4. The van der Waals surface area contributed by atoms with Crippen molar-refractivity contribution in [2.75, 3.05) is 14.2 Å². The summed E-state index contributed by atoms with van der Waals surface area (Å²) in [7, 11) is -0.676. The van der Waals surface area contributed by atoms with Crippen molar-refractivity contribution in [3.05, 3.63) is 59.7 Å². The predicted molar refractivity (Wildman–Crippen MR) is 91.3 cm³/mol. The quantitative estimate of drug-likeness (QED) is 0.866. The van der Waals surface area contributed by atoms with Gasteiger partial charge >= 0.3 is 0 Å². The highest BCUT2D eigenvalue weighted by atomic mass is 32.2. The third-order valence-corrected chi connectivity index (χ3v) is 5.89. The van der Waals surface area contributed by atoms with Gasteiger partial charge in [-0.2, -0.15) is 4.31 Å². The summed E-state index contributed by atoms with van der Waals surface area (Å²) in [6.45, 7) is 1.78. The summed E-state index contributed by atoms with van der Waals surface area (Å²) >= 11 is 0. The van der Waals surface area contributed by atoms with E-state index in [4.69, 9.17) is 10.5 Å². The third kappa shape index (κ3) is 3.42. The molecular weight excluding hydrogens is 328 g/mol. The van der Waals surface area contributed by atoms with Crippen LogP contribution in [0.5, 0.6) is 5.75 Å². The summed E-state index contributed by atoms with van der Waals surface area (Å²) < 4.78 is 32.2. The summed E-state index contributed by atoms with van der Waals surface area (Å²) in [5.41, 5.74) is 6.20. The molecule has 0 heterocycles. The highest BCUT2D eigenvalue weighted by Crippen LogP contribution is 2.31. The van der Waals surface area contributed by atoms with E-state index < -0.39 is 22.0 Å². The van der Waals surface area contributed by atoms with Crippen molar-refractivity contribution < 1.29 is 17.9 Å². The average Bonchev–Trinajstić information content (AvgIpc) is 2.60. The second-order valence-electron chi connectivity index (χ2n) is 5.33. The molecule has 128 valence electrons. The number of amides is 1. The van der Waals surface area contributed by atoms with Crippen LogP contribution in [0.4, 0.5) is 0 Å². The summed E-state index contributed by atoms with van der Waals surface area (Å²) in [4.78, 5) is 11.2. The van der Waals surface area contributed by atoms with Gasteiger partial charge < -0.3 is 10.5 Å². The molecule has 0 aliphatic rings. The fourth-order valence-corrected chi connectivity index (χ4v) is 3.72. The molecule has 1 atom stereocenters. The number of rotatable bonds is 6. The summed E-state index contributed by atoms with van der Waals surface area (Å²) in [6.07, 6.45) is 0. The lowest BCUT2D eigenvalue weighted by Gasteiger charge is -2.26. The van der Waals surface area contributed by atoms with E-state index in [1.807, 2.05) is 18.2 Å². The molecule has 0 saturated carbocycles. The Morgan fingerprint density at radius 1 is 1.12 bits per heavy atom. The van der Waals surface area contributed by atoms with E-state index in [0.29, 0.717) is 5.75 Å². The Balaban J connectivity index is 2.36. The van der Waals surface area contributed by atoms with Gasteiger partial charge in [-0.25, -0.2) is 8.42 Å². The van der Waals surface area contributed by atoms with Crippen LogP contribution in [0.3, 0.4) is 0 Å². The minimum absolute atomic E-state index is 0.0942. The molecule has 2 rings (SSSR count). The molecule has 0 saturated heterocycles. The van der Waals surface area contributed by atoms with Gasteiger partial charge in [0.25, 0.3) is 0 Å². The highest BCUT2D eigenvalue weighted by molar-refractivity contribution is 7.89. The zero-order chi connectivity index (χ0) is 17.9. The van der Waals surface area contributed by atoms with E-state index in [2.05, 4.69) is 0 Å². The largest absolute Gasteiger partial charge is 0.496 e. The fraction of sp³-hybridized carbons (Fsp3) is 0.235. The molecule has 1 amide bonds. The number of carbonyl (C=O) groups is 1. The van der Waals surface area contributed by atoms with Gasteiger partial charge in [0.2, 0.25) is 15.9 Å². The van der Waals surface area contributed by atoms with Crippen LogP contribution in [0.2, 0.25) is 0 Å². The first-order valence-corrected chi connectivity index (χ1v) is 8.74. The van der Waals surface area contributed by atoms with Crippen LogP contribution in [-0.4, -0.2) is 32.8 Å². The first-order chi connectivity index (χ1) is 11.3. The highest BCUT2D eigenvalue weighted by Gasteiger charge is 2.27. The molecule has 1 unspecified atom stereocenters. The van der Waals surface area contributed by atoms with Crippen molar-refractivity contribution in [2.45, 2.75) is 17.9 Å². The van der Waals surface area contributed by atoms with E-state index in [9.17, 15) is 13.2 Å². The van der Waals surface area contributed by atoms with Crippen molar-refractivity contribution in [3.63, 3.8) is 0 Å². The van der Waals surface area contributed by atoms with Crippen LogP contribution in [0, 0.1) is 0 Å². The minimum Gasteiger partial charge on any atom is -0.496 e. The van der Waals surface area contributed by atoms with Crippen LogP contribution in [0.1, 0.15) is 28.9 Å². The Hall–Kier alpha value is -2.38. The van der Waals surface area contributed by atoms with Crippen molar-refractivity contribution >= 4 is 15.9 Å². The molecule has 2 aromatic carbocycles. The first kappa shape index (κ1) is 18.0. The summed E-state index contributed by atoms with van der Waals surface area (Å²) in [5, 5.41) is 0. The number of para-hydroxylation sites is 1. The number of benzene rings is 2. The molecule has 6 nitrogen and oxygen atoms in total. The van der Waals surface area contributed by atoms with Crippen LogP contribution in [-0.2, 0) is 10.0 Å². The molecule has 0 bridgehead atoms. The van der Waals surface area contributed by atoms with Crippen LogP contribution in [0.15, 0.2) is 53.4 Å². The van der Waals surface area contributed by atoms with Crippen LogP contribution < -0.4 is 10.5 Å². The molecule has 2 aromatic rings. The maximum Gasteiger partial charge on any atom is 0.248 e. The first-order valence-electron chi connectivity index (χ1n) is 7.30. The number of nitrogens with zero attached hydrogens (tertiary/aromatic N) is 1. The van der Waals surface area contributed by atoms with E-state index in [0.717, 1.165) is 5.56 Å². The van der Waals surface area contributed by atoms with Crippen molar-refractivity contribution in [3.8, 4) is 5.75 Å². The lowest BCUT2D eigenvalue weighted by molar-refractivity contribution is 0.1000. The molecule has 24 heavy (non-hydrogen) atoms. The number of sulfonamides is 1. The fourth-order valence-electron chi connectivity index (χ4n) is 2.37. The summed E-state index contributed by atoms with van der Waals surface area (Å²) in [6, 6.07) is 12.4. The molecule has 2 N–H and O–H groups in total. The zero-order valence-electron chi connectivity index (χ0n) is 13.8. The lowest BCUT2D eigenvalue weighted by atomic mass is 10.1. The monoisotopic (exact) mass is 348 g/mol. The Bertz CT molecular complexity index is 832. The minimum atomic E-state index is -3.73. The molecule has 7 heteroatoms. The predicted octanol–water partition coefficient (Wildman–Crippen LogP) is 2.18. The normalized spacial score (nSPS) is 12.8. The second kappa shape index (κ2) is 7.02. The molecule has 0 aromatic heterocycles. The number of hydrogen-bond donors (Lipinski definition) is 1. The van der Waals surface area contributed by atoms with Gasteiger partial charge in [0, 0.05) is 18.2 Å². The van der Waals surface area contributed by atoms with Crippen molar-refractivity contribution in [1.82, 2.24) is 4.31 Å². The van der Waals surface area contributed by atoms with Gasteiger partial charge in [0.05, 0.1) is 18.0 Å². The SMILES string of the molecule is COc1ccccc1C(C)N(C)S(=O)(=O)c1ccc(C(N)=O)cc1. The number of ether oxygens (including phenoxy) is 1. The van der Waals surface area contributed by atoms with Crippen LogP contribution >= 0.6 is 0 Å². The Kier molecular flexibility index (Phi) is 5.26. The van der Waals surface area contributed by atoms with E-state index in [-0.39, 0.29) is 10.5 Å². The van der Waals surface area contributed by atoms with Gasteiger partial charge in [0.15, 0.2) is 0 Å². The molecule has 0 radical (unpaired) electrons. The van der Waals surface area contributed by atoms with E-state index >= 15 is 0 Å². The van der Waals surface area contributed by atoms with Gasteiger partial charge in [-0.05, 0) is 37.3 Å². The molecule has 0 aliphatic carbocycles. The van der Waals surface area contributed by atoms with Gasteiger partial charge in [-0.15, -0.1) is 0 Å². The van der Waals surface area contributed by atoms with Crippen molar-refractivity contribution in [1.29, 1.82) is 0 Å². The topological polar surface area (TPSA) is 89.7 Å². The van der Waals surface area contributed by atoms with E-state index in [1.165, 1.54) is 35.6 Å². The smallest absolute Gasteiger partial charge is 0.248 e. The zero-order valence-corrected chi connectivity index (χ0v) is 14.6.